The second-order valence-electron chi connectivity index (χ2n) is 5.34. The maximum atomic E-state index is 13.8. The summed E-state index contributed by atoms with van der Waals surface area (Å²) in [7, 11) is 0. The van der Waals surface area contributed by atoms with Gasteiger partial charge in [-0.25, -0.2) is 4.39 Å². The third kappa shape index (κ3) is 2.90. The van der Waals surface area contributed by atoms with Gasteiger partial charge in [0.2, 0.25) is 0 Å². The molecule has 5 nitrogen and oxygen atoms in total. The SMILES string of the molecule is Nc1ccc(-c2cncc3cc(C=C4SC(=S)NC4=O)oc23)cc1F. The summed E-state index contributed by atoms with van der Waals surface area (Å²) in [6.45, 7) is 0. The van der Waals surface area contributed by atoms with Gasteiger partial charge in [-0.05, 0) is 23.8 Å². The average molecular weight is 371 g/mol. The minimum atomic E-state index is -0.504. The monoisotopic (exact) mass is 371 g/mol. The predicted octanol–water partition coefficient (Wildman–Crippen LogP) is 3.70. The van der Waals surface area contributed by atoms with E-state index < -0.39 is 5.82 Å². The van der Waals surface area contributed by atoms with Gasteiger partial charge in [0, 0.05) is 29.4 Å². The molecule has 0 unspecified atom stereocenters. The molecule has 124 valence electrons. The zero-order valence-corrected chi connectivity index (χ0v) is 14.2. The smallest absolute Gasteiger partial charge is 0.263 e. The number of furan rings is 1. The largest absolute Gasteiger partial charge is 0.456 e. The molecule has 1 aliphatic heterocycles. The number of amides is 1. The van der Waals surface area contributed by atoms with Gasteiger partial charge in [0.1, 0.15) is 21.5 Å². The fraction of sp³-hybridized carbons (Fsp3) is 0. The fourth-order valence-corrected chi connectivity index (χ4v) is 3.53. The minimum absolute atomic E-state index is 0.0778. The minimum Gasteiger partial charge on any atom is -0.456 e. The van der Waals surface area contributed by atoms with E-state index >= 15 is 0 Å². The van der Waals surface area contributed by atoms with Gasteiger partial charge in [-0.15, -0.1) is 0 Å². The van der Waals surface area contributed by atoms with Crippen LogP contribution >= 0.6 is 24.0 Å². The zero-order valence-electron chi connectivity index (χ0n) is 12.6. The standard InChI is InChI=1S/C17H10FN3O2S2/c18-12-4-8(1-2-13(12)19)11-7-20-6-9-3-10(23-15(9)11)5-14-16(22)21-17(24)25-14/h1-7H,19H2,(H,21,22,24). The van der Waals surface area contributed by atoms with Crippen LogP contribution in [0.15, 0.2) is 46.0 Å². The lowest BCUT2D eigenvalue weighted by Gasteiger charge is -2.03. The third-order valence-electron chi connectivity index (χ3n) is 3.67. The lowest BCUT2D eigenvalue weighted by Crippen LogP contribution is -2.17. The number of benzene rings is 1. The summed E-state index contributed by atoms with van der Waals surface area (Å²) in [6, 6.07) is 6.30. The first-order valence-electron chi connectivity index (χ1n) is 7.19. The van der Waals surface area contributed by atoms with Crippen molar-refractivity contribution in [1.29, 1.82) is 0 Å². The van der Waals surface area contributed by atoms with Crippen molar-refractivity contribution in [2.75, 3.05) is 5.73 Å². The highest BCUT2D eigenvalue weighted by molar-refractivity contribution is 8.26. The van der Waals surface area contributed by atoms with E-state index in [-0.39, 0.29) is 11.6 Å². The van der Waals surface area contributed by atoms with Crippen molar-refractivity contribution in [1.82, 2.24) is 10.3 Å². The van der Waals surface area contributed by atoms with E-state index in [0.717, 1.165) is 5.39 Å². The number of thiocarbonyl (C=S) groups is 1. The van der Waals surface area contributed by atoms with Gasteiger partial charge in [0.05, 0.1) is 10.6 Å². The van der Waals surface area contributed by atoms with E-state index in [4.69, 9.17) is 22.4 Å². The molecule has 2 aromatic heterocycles. The molecule has 3 N–H and O–H groups in total. The Hall–Kier alpha value is -2.71. The molecule has 3 aromatic rings. The van der Waals surface area contributed by atoms with Gasteiger partial charge in [-0.2, -0.15) is 0 Å². The molecule has 0 saturated carbocycles. The molecule has 8 heteroatoms. The zero-order chi connectivity index (χ0) is 17.6. The number of nitrogens with zero attached hydrogens (tertiary/aromatic N) is 1. The van der Waals surface area contributed by atoms with Crippen molar-refractivity contribution in [3.8, 4) is 11.1 Å². The lowest BCUT2D eigenvalue weighted by molar-refractivity contribution is -0.115. The van der Waals surface area contributed by atoms with E-state index in [1.54, 1.807) is 30.6 Å². The Bertz CT molecular complexity index is 1070. The molecule has 1 amide bonds. The number of nitrogens with two attached hydrogens (primary N) is 1. The molecule has 1 saturated heterocycles. The summed E-state index contributed by atoms with van der Waals surface area (Å²) in [4.78, 5) is 16.4. The topological polar surface area (TPSA) is 81.1 Å². The summed E-state index contributed by atoms with van der Waals surface area (Å²) < 4.78 is 20.0. The number of nitrogens with one attached hydrogen (secondary N) is 1. The van der Waals surface area contributed by atoms with Crippen molar-refractivity contribution in [2.24, 2.45) is 0 Å². The van der Waals surface area contributed by atoms with Gasteiger partial charge < -0.3 is 15.5 Å². The van der Waals surface area contributed by atoms with Crippen LogP contribution in [-0.4, -0.2) is 15.2 Å². The van der Waals surface area contributed by atoms with Crippen LogP contribution in [0.4, 0.5) is 10.1 Å². The van der Waals surface area contributed by atoms with Gasteiger partial charge >= 0.3 is 0 Å². The quantitative estimate of drug-likeness (QED) is 0.406. The first kappa shape index (κ1) is 15.8. The summed E-state index contributed by atoms with van der Waals surface area (Å²) in [5.41, 5.74) is 7.40. The van der Waals surface area contributed by atoms with E-state index in [1.165, 1.54) is 23.9 Å². The molecule has 4 rings (SSSR count). The van der Waals surface area contributed by atoms with Crippen molar-refractivity contribution in [3.05, 3.63) is 53.1 Å². The van der Waals surface area contributed by atoms with E-state index in [0.29, 0.717) is 31.7 Å². The van der Waals surface area contributed by atoms with E-state index in [9.17, 15) is 9.18 Å². The molecule has 3 heterocycles. The number of thioether (sulfide) groups is 1. The van der Waals surface area contributed by atoms with Crippen molar-refractivity contribution in [2.45, 2.75) is 0 Å². The molecule has 0 atom stereocenters. The van der Waals surface area contributed by atoms with Crippen molar-refractivity contribution >= 4 is 56.9 Å². The van der Waals surface area contributed by atoms with Gasteiger partial charge in [0.15, 0.2) is 0 Å². The molecule has 0 aliphatic carbocycles. The Morgan fingerprint density at radius 2 is 2.16 bits per heavy atom. The third-order valence-corrected chi connectivity index (χ3v) is 4.83. The first-order valence-corrected chi connectivity index (χ1v) is 8.41. The van der Waals surface area contributed by atoms with Crippen LogP contribution in [-0.2, 0) is 4.79 Å². The van der Waals surface area contributed by atoms with E-state index in [2.05, 4.69) is 10.3 Å². The van der Waals surface area contributed by atoms with Crippen LogP contribution in [0.5, 0.6) is 0 Å². The highest BCUT2D eigenvalue weighted by Crippen LogP contribution is 2.33. The van der Waals surface area contributed by atoms with Crippen LogP contribution < -0.4 is 11.1 Å². The summed E-state index contributed by atoms with van der Waals surface area (Å²) >= 11 is 6.14. The fourth-order valence-electron chi connectivity index (χ4n) is 2.50. The Balaban J connectivity index is 1.81. The number of nitrogen functional groups attached to an aromatic ring is 1. The Morgan fingerprint density at radius 1 is 1.32 bits per heavy atom. The molecule has 1 aromatic carbocycles. The maximum absolute atomic E-state index is 13.8. The molecule has 0 spiro atoms. The normalized spacial score (nSPS) is 16.0. The van der Waals surface area contributed by atoms with Crippen LogP contribution in [0.2, 0.25) is 0 Å². The van der Waals surface area contributed by atoms with Crippen LogP contribution in [0, 0.1) is 5.82 Å². The van der Waals surface area contributed by atoms with E-state index in [1.807, 2.05) is 0 Å². The number of anilines is 1. The van der Waals surface area contributed by atoms with Gasteiger partial charge in [-0.1, -0.05) is 30.0 Å². The Labute approximate surface area is 151 Å². The second kappa shape index (κ2) is 5.98. The second-order valence-corrected chi connectivity index (χ2v) is 7.06. The number of rotatable bonds is 2. The average Bonchev–Trinajstić information content (AvgIpc) is 3.12. The number of hydrogen-bond acceptors (Lipinski definition) is 6. The Kier molecular flexibility index (Phi) is 3.78. The number of halogens is 1. The van der Waals surface area contributed by atoms with Crippen LogP contribution in [0.3, 0.4) is 0 Å². The predicted molar refractivity (Wildman–Crippen MR) is 100 cm³/mol. The molecule has 0 radical (unpaired) electrons. The van der Waals surface area contributed by atoms with Crippen LogP contribution in [0.25, 0.3) is 28.2 Å². The number of pyridine rings is 1. The molecule has 1 aliphatic rings. The van der Waals surface area contributed by atoms with Gasteiger partial charge in [-0.3, -0.25) is 9.78 Å². The number of carbonyl (C=O) groups is 1. The summed E-state index contributed by atoms with van der Waals surface area (Å²) in [5.74, 6) is -0.270. The highest BCUT2D eigenvalue weighted by Gasteiger charge is 2.23. The lowest BCUT2D eigenvalue weighted by atomic mass is 10.1. The van der Waals surface area contributed by atoms with Crippen molar-refractivity contribution < 1.29 is 13.6 Å². The number of hydrogen-bond donors (Lipinski definition) is 2. The Morgan fingerprint density at radius 3 is 2.88 bits per heavy atom. The number of carbonyl (C=O) groups excluding carboxylic acids is 1. The highest BCUT2D eigenvalue weighted by atomic mass is 32.2. The number of fused-ring (bicyclic) bond motifs is 1. The molecule has 1 fully saturated rings. The van der Waals surface area contributed by atoms with Crippen LogP contribution in [0.1, 0.15) is 5.76 Å². The summed E-state index contributed by atoms with van der Waals surface area (Å²) in [6.07, 6.45) is 4.86. The maximum Gasteiger partial charge on any atom is 0.263 e. The summed E-state index contributed by atoms with van der Waals surface area (Å²) in [5, 5.41) is 3.29. The molecule has 25 heavy (non-hydrogen) atoms. The molecule has 0 bridgehead atoms. The van der Waals surface area contributed by atoms with Crippen molar-refractivity contribution in [3.63, 3.8) is 0 Å². The number of aromatic nitrogens is 1. The first-order chi connectivity index (χ1) is 12.0. The molecular formula is C17H10FN3O2S2. The molecular weight excluding hydrogens is 361 g/mol. The van der Waals surface area contributed by atoms with Gasteiger partial charge in [0.25, 0.3) is 5.91 Å².